The molecule has 0 aromatic carbocycles. The molecule has 0 aliphatic heterocycles. The third-order valence-electron chi connectivity index (χ3n) is 4.12. The smallest absolute Gasteiger partial charge is 0.322 e. The standard InChI is InChI=1S/C13H21N5O3.ClH/c1-8-11(18(20)21)12(17(2)16-8)13(19)15-10-6-4-3-5-9(10)7-14;/h9-10H,3-7,14H2,1-2H3,(H,15,19);1H. The van der Waals surface area contributed by atoms with E-state index in [4.69, 9.17) is 5.73 Å². The third-order valence-corrected chi connectivity index (χ3v) is 4.12. The number of carbonyl (C=O) groups excluding carboxylic acids is 1. The van der Waals surface area contributed by atoms with Crippen molar-refractivity contribution in [3.05, 3.63) is 21.5 Å². The minimum Gasteiger partial charge on any atom is -0.347 e. The van der Waals surface area contributed by atoms with Crippen LogP contribution in [0.5, 0.6) is 0 Å². The molecule has 1 aromatic heterocycles. The molecular weight excluding hydrogens is 310 g/mol. The number of rotatable bonds is 4. The Morgan fingerprint density at radius 3 is 2.73 bits per heavy atom. The normalized spacial score (nSPS) is 21.0. The number of nitro groups is 1. The molecule has 2 rings (SSSR count). The van der Waals surface area contributed by atoms with E-state index in [-0.39, 0.29) is 41.4 Å². The molecule has 22 heavy (non-hydrogen) atoms. The predicted octanol–water partition coefficient (Wildman–Crippen LogP) is 1.31. The highest BCUT2D eigenvalue weighted by Crippen LogP contribution is 2.26. The number of hydrogen-bond donors (Lipinski definition) is 2. The van der Waals surface area contributed by atoms with E-state index >= 15 is 0 Å². The molecule has 1 saturated carbocycles. The predicted molar refractivity (Wildman–Crippen MR) is 84.1 cm³/mol. The fraction of sp³-hybridized carbons (Fsp3) is 0.692. The first-order chi connectivity index (χ1) is 9.95. The molecule has 1 heterocycles. The summed E-state index contributed by atoms with van der Waals surface area (Å²) in [7, 11) is 1.54. The Labute approximate surface area is 135 Å². The van der Waals surface area contributed by atoms with Crippen LogP contribution >= 0.6 is 12.4 Å². The van der Waals surface area contributed by atoms with Gasteiger partial charge in [-0.1, -0.05) is 12.8 Å². The van der Waals surface area contributed by atoms with E-state index < -0.39 is 10.8 Å². The Bertz CT molecular complexity index is 560. The summed E-state index contributed by atoms with van der Waals surface area (Å²) < 4.78 is 1.27. The third kappa shape index (κ3) is 3.56. The van der Waals surface area contributed by atoms with E-state index in [2.05, 4.69) is 10.4 Å². The molecule has 1 fully saturated rings. The lowest BCUT2D eigenvalue weighted by Gasteiger charge is -2.31. The fourth-order valence-corrected chi connectivity index (χ4v) is 3.04. The van der Waals surface area contributed by atoms with E-state index in [1.165, 1.54) is 18.7 Å². The molecule has 1 aromatic rings. The van der Waals surface area contributed by atoms with Gasteiger partial charge in [0.1, 0.15) is 5.69 Å². The number of carbonyl (C=O) groups is 1. The van der Waals surface area contributed by atoms with Crippen molar-refractivity contribution in [1.29, 1.82) is 0 Å². The number of aryl methyl sites for hydroxylation is 2. The van der Waals surface area contributed by atoms with Crippen molar-refractivity contribution < 1.29 is 9.72 Å². The number of nitrogens with one attached hydrogen (secondary N) is 1. The van der Waals surface area contributed by atoms with Gasteiger partial charge < -0.3 is 11.1 Å². The number of aromatic nitrogens is 2. The number of halogens is 1. The first-order valence-corrected chi connectivity index (χ1v) is 7.14. The van der Waals surface area contributed by atoms with Crippen LogP contribution in [0.2, 0.25) is 0 Å². The molecular formula is C13H22ClN5O3. The van der Waals surface area contributed by atoms with Gasteiger partial charge in [0.25, 0.3) is 5.91 Å². The second kappa shape index (κ2) is 7.55. The van der Waals surface area contributed by atoms with Crippen LogP contribution in [0, 0.1) is 23.0 Å². The molecule has 2 atom stereocenters. The van der Waals surface area contributed by atoms with Gasteiger partial charge in [-0.05, 0) is 32.2 Å². The SMILES string of the molecule is Cc1nn(C)c(C(=O)NC2CCCCC2CN)c1[N+](=O)[O-].Cl. The van der Waals surface area contributed by atoms with Crippen molar-refractivity contribution in [1.82, 2.24) is 15.1 Å². The van der Waals surface area contributed by atoms with Gasteiger partial charge in [0, 0.05) is 13.1 Å². The number of amides is 1. The zero-order valence-electron chi connectivity index (χ0n) is 12.7. The first-order valence-electron chi connectivity index (χ1n) is 7.14. The highest BCUT2D eigenvalue weighted by atomic mass is 35.5. The maximum atomic E-state index is 12.4. The summed E-state index contributed by atoms with van der Waals surface area (Å²) in [4.78, 5) is 23.0. The summed E-state index contributed by atoms with van der Waals surface area (Å²) in [6, 6.07) is -0.0222. The van der Waals surface area contributed by atoms with Crippen LogP contribution in [0.3, 0.4) is 0 Å². The van der Waals surface area contributed by atoms with Crippen LogP contribution in [0.4, 0.5) is 5.69 Å². The van der Waals surface area contributed by atoms with Crippen LogP contribution in [-0.2, 0) is 7.05 Å². The lowest BCUT2D eigenvalue weighted by molar-refractivity contribution is -0.385. The van der Waals surface area contributed by atoms with Gasteiger partial charge in [-0.15, -0.1) is 12.4 Å². The average molecular weight is 332 g/mol. The van der Waals surface area contributed by atoms with Crippen LogP contribution in [0.25, 0.3) is 0 Å². The Kier molecular flexibility index (Phi) is 6.31. The van der Waals surface area contributed by atoms with Gasteiger partial charge in [-0.2, -0.15) is 5.10 Å². The van der Waals surface area contributed by atoms with Gasteiger partial charge in [-0.3, -0.25) is 19.6 Å². The summed E-state index contributed by atoms with van der Waals surface area (Å²) in [6.45, 7) is 2.04. The minimum atomic E-state index is -0.557. The van der Waals surface area contributed by atoms with Crippen LogP contribution in [-0.4, -0.2) is 33.2 Å². The molecule has 9 heteroatoms. The molecule has 0 saturated heterocycles. The average Bonchev–Trinajstić information content (AvgIpc) is 2.74. The van der Waals surface area contributed by atoms with E-state index in [1.807, 2.05) is 0 Å². The molecule has 1 amide bonds. The number of hydrogen-bond acceptors (Lipinski definition) is 5. The number of nitrogens with two attached hydrogens (primary N) is 1. The van der Waals surface area contributed by atoms with Gasteiger partial charge in [0.2, 0.25) is 5.69 Å². The topological polar surface area (TPSA) is 116 Å². The second-order valence-corrected chi connectivity index (χ2v) is 5.52. The molecule has 2 unspecified atom stereocenters. The maximum absolute atomic E-state index is 12.4. The van der Waals surface area contributed by atoms with Crippen molar-refractivity contribution >= 4 is 24.0 Å². The van der Waals surface area contributed by atoms with Crippen molar-refractivity contribution in [3.8, 4) is 0 Å². The van der Waals surface area contributed by atoms with E-state index in [0.29, 0.717) is 6.54 Å². The van der Waals surface area contributed by atoms with Crippen molar-refractivity contribution in [2.24, 2.45) is 18.7 Å². The lowest BCUT2D eigenvalue weighted by Crippen LogP contribution is -2.45. The summed E-state index contributed by atoms with van der Waals surface area (Å²) in [5.41, 5.74) is 5.76. The van der Waals surface area contributed by atoms with Crippen LogP contribution in [0.15, 0.2) is 0 Å². The summed E-state index contributed by atoms with van der Waals surface area (Å²) in [5.74, 6) is -0.216. The zero-order chi connectivity index (χ0) is 15.6. The molecule has 1 aliphatic carbocycles. The highest BCUT2D eigenvalue weighted by molar-refractivity contribution is 5.97. The van der Waals surface area contributed by atoms with Crippen molar-refractivity contribution in [3.63, 3.8) is 0 Å². The summed E-state index contributed by atoms with van der Waals surface area (Å²) >= 11 is 0. The van der Waals surface area contributed by atoms with Crippen LogP contribution < -0.4 is 11.1 Å². The molecule has 124 valence electrons. The second-order valence-electron chi connectivity index (χ2n) is 5.52. The maximum Gasteiger partial charge on any atom is 0.322 e. The van der Waals surface area contributed by atoms with E-state index in [9.17, 15) is 14.9 Å². The molecule has 0 bridgehead atoms. The van der Waals surface area contributed by atoms with E-state index in [0.717, 1.165) is 25.7 Å². The summed E-state index contributed by atoms with van der Waals surface area (Å²) in [6.07, 6.45) is 3.99. The Morgan fingerprint density at radius 1 is 1.50 bits per heavy atom. The van der Waals surface area contributed by atoms with Crippen molar-refractivity contribution in [2.75, 3.05) is 6.54 Å². The molecule has 0 radical (unpaired) electrons. The Hall–Kier alpha value is -1.67. The largest absolute Gasteiger partial charge is 0.347 e. The molecule has 1 aliphatic rings. The first kappa shape index (κ1) is 18.4. The van der Waals surface area contributed by atoms with E-state index in [1.54, 1.807) is 0 Å². The molecule has 0 spiro atoms. The van der Waals surface area contributed by atoms with Gasteiger partial charge >= 0.3 is 5.69 Å². The van der Waals surface area contributed by atoms with Gasteiger partial charge in [0.15, 0.2) is 0 Å². The monoisotopic (exact) mass is 331 g/mol. The minimum absolute atomic E-state index is 0. The Balaban J connectivity index is 0.00000242. The van der Waals surface area contributed by atoms with Crippen LogP contribution in [0.1, 0.15) is 41.9 Å². The lowest BCUT2D eigenvalue weighted by atomic mass is 9.84. The van der Waals surface area contributed by atoms with Gasteiger partial charge in [0.05, 0.1) is 4.92 Å². The summed E-state index contributed by atoms with van der Waals surface area (Å²) in [5, 5.41) is 18.0. The zero-order valence-corrected chi connectivity index (χ0v) is 13.6. The Morgan fingerprint density at radius 2 is 2.14 bits per heavy atom. The number of nitrogens with zero attached hydrogens (tertiary/aromatic N) is 3. The van der Waals surface area contributed by atoms with Gasteiger partial charge in [-0.25, -0.2) is 0 Å². The van der Waals surface area contributed by atoms with Crippen molar-refractivity contribution in [2.45, 2.75) is 38.6 Å². The molecule has 8 nitrogen and oxygen atoms in total. The highest BCUT2D eigenvalue weighted by Gasteiger charge is 2.32. The molecule has 3 N–H and O–H groups in total. The fourth-order valence-electron chi connectivity index (χ4n) is 3.04. The quantitative estimate of drug-likeness (QED) is 0.637.